The maximum absolute atomic E-state index is 5.89. The summed E-state index contributed by atoms with van der Waals surface area (Å²) in [4.78, 5) is 20.6. The number of rotatable bonds is 8. The second kappa shape index (κ2) is 8.38. The second-order valence-electron chi connectivity index (χ2n) is 6.86. The van der Waals surface area contributed by atoms with Gasteiger partial charge in [0.2, 0.25) is 5.95 Å². The molecule has 0 saturated heterocycles. The minimum Gasteiger partial charge on any atom is -0.368 e. The number of hydrogen-bond donors (Lipinski definition) is 2. The van der Waals surface area contributed by atoms with E-state index < -0.39 is 0 Å². The Balaban J connectivity index is 2.41. The average molecular weight is 345 g/mol. The summed E-state index contributed by atoms with van der Waals surface area (Å²) in [7, 11) is 0. The Hall–Kier alpha value is -2.02. The van der Waals surface area contributed by atoms with Crippen molar-refractivity contribution in [3.8, 4) is 0 Å². The molecular weight excluding hydrogens is 314 g/mol. The molecule has 0 unspecified atom stereocenters. The Morgan fingerprint density at radius 2 is 1.52 bits per heavy atom. The molecule has 0 aliphatic rings. The van der Waals surface area contributed by atoms with Crippen molar-refractivity contribution in [2.45, 2.75) is 53.4 Å². The van der Waals surface area contributed by atoms with E-state index in [0.717, 1.165) is 37.6 Å². The molecular formula is C18H31N7. The van der Waals surface area contributed by atoms with Crippen molar-refractivity contribution in [1.29, 1.82) is 0 Å². The van der Waals surface area contributed by atoms with Crippen LogP contribution >= 0.6 is 0 Å². The molecule has 2 rings (SSSR count). The monoisotopic (exact) mass is 345 g/mol. The number of fused-ring (bicyclic) bond motifs is 1. The molecule has 0 aliphatic carbocycles. The molecule has 0 atom stereocenters. The molecule has 0 bridgehead atoms. The van der Waals surface area contributed by atoms with Crippen molar-refractivity contribution in [3.63, 3.8) is 0 Å². The van der Waals surface area contributed by atoms with Crippen molar-refractivity contribution in [2.75, 3.05) is 37.2 Å². The van der Waals surface area contributed by atoms with Crippen LogP contribution in [0.1, 0.15) is 64.8 Å². The molecule has 7 nitrogen and oxygen atoms in total. The van der Waals surface area contributed by atoms with Gasteiger partial charge in [-0.15, -0.1) is 0 Å². The van der Waals surface area contributed by atoms with Crippen molar-refractivity contribution in [1.82, 2.24) is 24.8 Å². The maximum Gasteiger partial charge on any atom is 0.224 e. The van der Waals surface area contributed by atoms with Gasteiger partial charge in [0, 0.05) is 13.1 Å². The first-order chi connectivity index (χ1) is 11.9. The Kier molecular flexibility index (Phi) is 6.47. The minimum atomic E-state index is 0.221. The predicted molar refractivity (Wildman–Crippen MR) is 104 cm³/mol. The molecule has 7 heteroatoms. The highest BCUT2D eigenvalue weighted by Crippen LogP contribution is 2.27. The summed E-state index contributed by atoms with van der Waals surface area (Å²) in [6.45, 7) is 16.6. The Labute approximate surface area is 150 Å². The third-order valence-electron chi connectivity index (χ3n) is 4.31. The normalized spacial score (nSPS) is 11.9. The lowest BCUT2D eigenvalue weighted by molar-refractivity contribution is 0.316. The molecule has 25 heavy (non-hydrogen) atoms. The molecule has 0 fully saturated rings. The number of likely N-dealkylation sites (N-methyl/N-ethyl adjacent to an activating group) is 1. The highest BCUT2D eigenvalue weighted by atomic mass is 15.2. The number of nitrogen functional groups attached to an aromatic ring is 1. The summed E-state index contributed by atoms with van der Waals surface area (Å²) in [5, 5.41) is 3.37. The van der Waals surface area contributed by atoms with E-state index in [2.05, 4.69) is 61.7 Å². The lowest BCUT2D eigenvalue weighted by Crippen LogP contribution is -2.29. The van der Waals surface area contributed by atoms with Gasteiger partial charge in [0.1, 0.15) is 0 Å². The van der Waals surface area contributed by atoms with Gasteiger partial charge in [-0.2, -0.15) is 9.97 Å². The van der Waals surface area contributed by atoms with E-state index in [4.69, 9.17) is 15.7 Å². The molecule has 2 aromatic heterocycles. The average Bonchev–Trinajstić information content (AvgIpc) is 2.57. The summed E-state index contributed by atoms with van der Waals surface area (Å²) < 4.78 is 0. The van der Waals surface area contributed by atoms with Gasteiger partial charge in [-0.25, -0.2) is 9.97 Å². The fourth-order valence-electron chi connectivity index (χ4n) is 2.84. The third kappa shape index (κ3) is 4.54. The van der Waals surface area contributed by atoms with E-state index in [0.29, 0.717) is 17.0 Å². The summed E-state index contributed by atoms with van der Waals surface area (Å²) in [6, 6.07) is 0. The molecule has 138 valence electrons. The number of nitrogens with one attached hydrogen (secondary N) is 1. The largest absolute Gasteiger partial charge is 0.368 e. The first kappa shape index (κ1) is 19.3. The van der Waals surface area contributed by atoms with Gasteiger partial charge < -0.3 is 16.0 Å². The fraction of sp³-hybridized carbons (Fsp3) is 0.667. The van der Waals surface area contributed by atoms with Crippen molar-refractivity contribution in [3.05, 3.63) is 11.4 Å². The van der Waals surface area contributed by atoms with Crippen LogP contribution in [0.5, 0.6) is 0 Å². The zero-order chi connectivity index (χ0) is 18.6. The van der Waals surface area contributed by atoms with Crippen molar-refractivity contribution >= 4 is 22.9 Å². The SMILES string of the molecule is CCN(CC)CCNc1nc(N)nc2nc(C(C)C)c(C(C)C)nc12. The van der Waals surface area contributed by atoms with Crippen LogP contribution in [0.15, 0.2) is 0 Å². The second-order valence-corrected chi connectivity index (χ2v) is 6.86. The van der Waals surface area contributed by atoms with Crippen LogP contribution in [0, 0.1) is 0 Å². The van der Waals surface area contributed by atoms with Crippen molar-refractivity contribution < 1.29 is 0 Å². The summed E-state index contributed by atoms with van der Waals surface area (Å²) in [5.74, 6) is 1.46. The number of hydrogen-bond acceptors (Lipinski definition) is 7. The summed E-state index contributed by atoms with van der Waals surface area (Å²) in [5.41, 5.74) is 9.13. The standard InChI is InChI=1S/C18H31N7/c1-7-25(8-2)10-9-20-16-15-17(24-18(19)23-16)22-14(12(5)6)13(21-15)11(3)4/h11-12H,7-10H2,1-6H3,(H3,19,20,22,23,24). The van der Waals surface area contributed by atoms with E-state index in [9.17, 15) is 0 Å². The first-order valence-corrected chi connectivity index (χ1v) is 9.18. The molecule has 0 amide bonds. The van der Waals surface area contributed by atoms with E-state index in [1.165, 1.54) is 0 Å². The van der Waals surface area contributed by atoms with Gasteiger partial charge in [0.15, 0.2) is 17.0 Å². The van der Waals surface area contributed by atoms with Crippen LogP contribution in [0.25, 0.3) is 11.2 Å². The summed E-state index contributed by atoms with van der Waals surface area (Å²) >= 11 is 0. The lowest BCUT2D eigenvalue weighted by atomic mass is 10.0. The van der Waals surface area contributed by atoms with Crippen LogP contribution in [0.4, 0.5) is 11.8 Å². The van der Waals surface area contributed by atoms with Crippen molar-refractivity contribution in [2.24, 2.45) is 0 Å². The maximum atomic E-state index is 5.89. The van der Waals surface area contributed by atoms with Gasteiger partial charge in [0.25, 0.3) is 0 Å². The summed E-state index contributed by atoms with van der Waals surface area (Å²) in [6.07, 6.45) is 0. The Morgan fingerprint density at radius 1 is 0.920 bits per heavy atom. The van der Waals surface area contributed by atoms with Gasteiger partial charge >= 0.3 is 0 Å². The molecule has 0 radical (unpaired) electrons. The number of nitrogens with zero attached hydrogens (tertiary/aromatic N) is 5. The van der Waals surface area contributed by atoms with E-state index in [1.54, 1.807) is 0 Å². The van der Waals surface area contributed by atoms with E-state index in [1.807, 2.05) is 0 Å². The Bertz CT molecular complexity index is 708. The predicted octanol–water partition coefficient (Wildman–Crippen LogP) is 3.00. The molecule has 0 spiro atoms. The van der Waals surface area contributed by atoms with Crippen LogP contribution in [0.2, 0.25) is 0 Å². The van der Waals surface area contributed by atoms with E-state index in [-0.39, 0.29) is 17.8 Å². The smallest absolute Gasteiger partial charge is 0.224 e. The zero-order valence-corrected chi connectivity index (χ0v) is 16.3. The van der Waals surface area contributed by atoms with Gasteiger partial charge in [-0.05, 0) is 24.9 Å². The molecule has 0 aromatic carbocycles. The van der Waals surface area contributed by atoms with Gasteiger partial charge in [-0.3, -0.25) is 0 Å². The van der Waals surface area contributed by atoms with Gasteiger partial charge in [0.05, 0.1) is 11.4 Å². The Morgan fingerprint density at radius 3 is 2.08 bits per heavy atom. The first-order valence-electron chi connectivity index (χ1n) is 9.18. The van der Waals surface area contributed by atoms with E-state index >= 15 is 0 Å². The third-order valence-corrected chi connectivity index (χ3v) is 4.31. The van der Waals surface area contributed by atoms with Gasteiger partial charge in [-0.1, -0.05) is 41.5 Å². The number of anilines is 2. The van der Waals surface area contributed by atoms with Crippen LogP contribution < -0.4 is 11.1 Å². The molecule has 2 heterocycles. The lowest BCUT2D eigenvalue weighted by Gasteiger charge is -2.19. The highest BCUT2D eigenvalue weighted by Gasteiger charge is 2.18. The van der Waals surface area contributed by atoms with Crippen LogP contribution in [-0.4, -0.2) is 51.0 Å². The quantitative estimate of drug-likeness (QED) is 0.759. The number of aromatic nitrogens is 4. The topological polar surface area (TPSA) is 92.8 Å². The van der Waals surface area contributed by atoms with Crippen LogP contribution in [0.3, 0.4) is 0 Å². The minimum absolute atomic E-state index is 0.221. The number of nitrogens with two attached hydrogens (primary N) is 1. The molecule has 3 N–H and O–H groups in total. The van der Waals surface area contributed by atoms with Crippen LogP contribution in [-0.2, 0) is 0 Å². The highest BCUT2D eigenvalue weighted by molar-refractivity contribution is 5.83. The molecule has 0 saturated carbocycles. The molecule has 0 aliphatic heterocycles. The fourth-order valence-corrected chi connectivity index (χ4v) is 2.84. The molecule has 2 aromatic rings. The zero-order valence-electron chi connectivity index (χ0n) is 16.3.